The van der Waals surface area contributed by atoms with Gasteiger partial charge >= 0.3 is 0 Å². The van der Waals surface area contributed by atoms with E-state index < -0.39 is 0 Å². The summed E-state index contributed by atoms with van der Waals surface area (Å²) in [6, 6.07) is 0. The van der Waals surface area contributed by atoms with Crippen LogP contribution in [0.4, 0.5) is 0 Å². The monoisotopic (exact) mass is 282 g/mol. The number of nitrogens with one attached hydrogen (secondary N) is 1. The van der Waals surface area contributed by atoms with E-state index in [0.29, 0.717) is 5.92 Å². The molecule has 1 aliphatic carbocycles. The molecule has 1 aromatic rings. The number of nitrogens with zero attached hydrogens (tertiary/aromatic N) is 1. The summed E-state index contributed by atoms with van der Waals surface area (Å²) < 4.78 is 5.76. The van der Waals surface area contributed by atoms with Gasteiger partial charge in [-0.15, -0.1) is 11.3 Å². The minimum absolute atomic E-state index is 0.0721. The molecule has 1 fully saturated rings. The molecule has 0 radical (unpaired) electrons. The van der Waals surface area contributed by atoms with Gasteiger partial charge in [0, 0.05) is 18.5 Å². The molecule has 1 N–H and O–H groups in total. The largest absolute Gasteiger partial charge is 0.371 e. The lowest BCUT2D eigenvalue weighted by molar-refractivity contribution is -0.0780. The number of ether oxygens (including phenoxy) is 1. The van der Waals surface area contributed by atoms with Gasteiger partial charge in [-0.1, -0.05) is 20.8 Å². The van der Waals surface area contributed by atoms with Crippen molar-refractivity contribution >= 4 is 11.3 Å². The summed E-state index contributed by atoms with van der Waals surface area (Å²) in [5.74, 6) is 0.484. The molecular weight excluding hydrogens is 256 g/mol. The highest BCUT2D eigenvalue weighted by Gasteiger charge is 2.42. The van der Waals surface area contributed by atoms with Crippen LogP contribution in [-0.4, -0.2) is 18.6 Å². The average Bonchev–Trinajstić information content (AvgIpc) is 2.73. The second kappa shape index (κ2) is 6.33. The molecule has 1 aromatic heterocycles. The van der Waals surface area contributed by atoms with Crippen molar-refractivity contribution in [2.24, 2.45) is 0 Å². The topological polar surface area (TPSA) is 34.1 Å². The van der Waals surface area contributed by atoms with Gasteiger partial charge < -0.3 is 10.1 Å². The van der Waals surface area contributed by atoms with E-state index in [-0.39, 0.29) is 5.60 Å². The van der Waals surface area contributed by atoms with E-state index >= 15 is 0 Å². The third-order valence-electron chi connectivity index (χ3n) is 3.93. The molecule has 0 saturated heterocycles. The van der Waals surface area contributed by atoms with Crippen LogP contribution in [0.15, 0.2) is 0 Å². The van der Waals surface area contributed by atoms with E-state index in [1.54, 1.807) is 0 Å². The van der Waals surface area contributed by atoms with Crippen LogP contribution < -0.4 is 5.32 Å². The van der Waals surface area contributed by atoms with Crippen LogP contribution in [0, 0.1) is 0 Å². The molecule has 4 heteroatoms. The molecule has 1 aliphatic rings. The predicted octanol–water partition coefficient (Wildman–Crippen LogP) is 3.79. The summed E-state index contributed by atoms with van der Waals surface area (Å²) in [4.78, 5) is 6.30. The second-order valence-corrected chi connectivity index (χ2v) is 6.79. The summed E-state index contributed by atoms with van der Waals surface area (Å²) in [6.07, 6.45) is 4.67. The van der Waals surface area contributed by atoms with Crippen LogP contribution in [0.3, 0.4) is 0 Å². The van der Waals surface area contributed by atoms with Crippen LogP contribution in [0.25, 0.3) is 0 Å². The Morgan fingerprint density at radius 3 is 2.63 bits per heavy atom. The van der Waals surface area contributed by atoms with Crippen molar-refractivity contribution in [3.8, 4) is 0 Å². The lowest BCUT2D eigenvalue weighted by atomic mass is 9.80. The number of hydrogen-bond donors (Lipinski definition) is 1. The molecule has 19 heavy (non-hydrogen) atoms. The van der Waals surface area contributed by atoms with Gasteiger partial charge in [-0.3, -0.25) is 0 Å². The highest BCUT2D eigenvalue weighted by molar-refractivity contribution is 7.11. The van der Waals surface area contributed by atoms with Crippen molar-refractivity contribution < 1.29 is 4.74 Å². The van der Waals surface area contributed by atoms with Gasteiger partial charge in [0.15, 0.2) is 0 Å². The Balaban J connectivity index is 2.19. The van der Waals surface area contributed by atoms with Gasteiger partial charge in [-0.25, -0.2) is 4.98 Å². The summed E-state index contributed by atoms with van der Waals surface area (Å²) in [6.45, 7) is 8.66. The molecule has 0 unspecified atom stereocenters. The molecule has 0 spiro atoms. The highest BCUT2D eigenvalue weighted by Crippen LogP contribution is 2.46. The van der Waals surface area contributed by atoms with Crippen molar-refractivity contribution in [2.75, 3.05) is 13.7 Å². The van der Waals surface area contributed by atoms with Crippen molar-refractivity contribution in [3.05, 3.63) is 15.6 Å². The van der Waals surface area contributed by atoms with Gasteiger partial charge in [0.25, 0.3) is 0 Å². The fourth-order valence-corrected chi connectivity index (χ4v) is 3.93. The normalized spacial score (nSPS) is 17.7. The number of rotatable bonds is 7. The Morgan fingerprint density at radius 1 is 1.42 bits per heavy atom. The SMILES string of the molecule is CCCNCc1sc(C2(OC)CCC2)nc1C(C)C. The van der Waals surface area contributed by atoms with Crippen molar-refractivity contribution in [2.45, 2.75) is 64.5 Å². The Kier molecular flexibility index (Phi) is 4.98. The van der Waals surface area contributed by atoms with Crippen LogP contribution in [0.5, 0.6) is 0 Å². The predicted molar refractivity (Wildman–Crippen MR) is 80.7 cm³/mol. The summed E-state index contributed by atoms with van der Waals surface area (Å²) in [5, 5.41) is 4.69. The average molecular weight is 282 g/mol. The van der Waals surface area contributed by atoms with Crippen LogP contribution >= 0.6 is 11.3 Å². The number of aromatic nitrogens is 1. The van der Waals surface area contributed by atoms with Gasteiger partial charge in [0.1, 0.15) is 10.6 Å². The third-order valence-corrected chi connectivity index (χ3v) is 5.19. The maximum atomic E-state index is 5.76. The van der Waals surface area contributed by atoms with Gasteiger partial charge in [-0.2, -0.15) is 0 Å². The first kappa shape index (κ1) is 14.9. The minimum Gasteiger partial charge on any atom is -0.371 e. The van der Waals surface area contributed by atoms with E-state index in [2.05, 4.69) is 26.1 Å². The fourth-order valence-electron chi connectivity index (χ4n) is 2.52. The zero-order valence-corrected chi connectivity index (χ0v) is 13.4. The number of thiazole rings is 1. The van der Waals surface area contributed by atoms with Crippen molar-refractivity contribution in [1.29, 1.82) is 0 Å². The fraction of sp³-hybridized carbons (Fsp3) is 0.800. The van der Waals surface area contributed by atoms with E-state index in [0.717, 1.165) is 25.9 Å². The number of hydrogen-bond acceptors (Lipinski definition) is 4. The Labute approximate surface area is 120 Å². The van der Waals surface area contributed by atoms with E-state index in [4.69, 9.17) is 9.72 Å². The maximum absolute atomic E-state index is 5.76. The second-order valence-electron chi connectivity index (χ2n) is 5.71. The molecule has 2 rings (SSSR count). The third kappa shape index (κ3) is 3.01. The summed E-state index contributed by atoms with van der Waals surface area (Å²) in [7, 11) is 1.82. The quantitative estimate of drug-likeness (QED) is 0.773. The van der Waals surface area contributed by atoms with Crippen molar-refractivity contribution in [3.63, 3.8) is 0 Å². The Bertz CT molecular complexity index is 405. The number of methoxy groups -OCH3 is 1. The molecule has 3 nitrogen and oxygen atoms in total. The Morgan fingerprint density at radius 2 is 2.16 bits per heavy atom. The molecule has 0 aromatic carbocycles. The lowest BCUT2D eigenvalue weighted by Gasteiger charge is -2.38. The molecular formula is C15H26N2OS. The first-order valence-electron chi connectivity index (χ1n) is 7.39. The standard InChI is InChI=1S/C15H26N2OS/c1-5-9-16-10-12-13(11(2)3)17-14(19-12)15(18-4)7-6-8-15/h11,16H,5-10H2,1-4H3. The highest BCUT2D eigenvalue weighted by atomic mass is 32.1. The first-order chi connectivity index (χ1) is 9.13. The lowest BCUT2D eigenvalue weighted by Crippen LogP contribution is -2.35. The van der Waals surface area contributed by atoms with Crippen LogP contribution in [0.2, 0.25) is 0 Å². The zero-order chi connectivity index (χ0) is 13.9. The maximum Gasteiger partial charge on any atom is 0.125 e. The van der Waals surface area contributed by atoms with Crippen LogP contribution in [0.1, 0.15) is 68.0 Å². The smallest absolute Gasteiger partial charge is 0.125 e. The minimum atomic E-state index is -0.0721. The molecule has 1 saturated carbocycles. The molecule has 0 aliphatic heterocycles. The summed E-state index contributed by atoms with van der Waals surface area (Å²) in [5.41, 5.74) is 1.18. The van der Waals surface area contributed by atoms with Gasteiger partial charge in [0.2, 0.25) is 0 Å². The first-order valence-corrected chi connectivity index (χ1v) is 8.20. The van der Waals surface area contributed by atoms with Crippen LogP contribution in [-0.2, 0) is 16.9 Å². The molecule has 1 heterocycles. The Hall–Kier alpha value is -0.450. The van der Waals surface area contributed by atoms with Crippen molar-refractivity contribution in [1.82, 2.24) is 10.3 Å². The molecule has 108 valence electrons. The molecule has 0 bridgehead atoms. The zero-order valence-electron chi connectivity index (χ0n) is 12.6. The molecule has 0 atom stereocenters. The van der Waals surface area contributed by atoms with E-state index in [1.807, 2.05) is 18.4 Å². The summed E-state index contributed by atoms with van der Waals surface area (Å²) >= 11 is 1.85. The molecule has 0 amide bonds. The van der Waals surface area contributed by atoms with E-state index in [9.17, 15) is 0 Å². The van der Waals surface area contributed by atoms with Gasteiger partial charge in [-0.05, 0) is 38.1 Å². The van der Waals surface area contributed by atoms with Gasteiger partial charge in [0.05, 0.1) is 5.69 Å². The van der Waals surface area contributed by atoms with E-state index in [1.165, 1.54) is 28.4 Å².